The first-order chi connectivity index (χ1) is 10.0. The third-order valence-electron chi connectivity index (χ3n) is 4.24. The molecule has 0 aliphatic carbocycles. The highest BCUT2D eigenvalue weighted by molar-refractivity contribution is 5.96. The van der Waals surface area contributed by atoms with E-state index in [0.717, 1.165) is 42.7 Å². The smallest absolute Gasteiger partial charge is 0.254 e. The summed E-state index contributed by atoms with van der Waals surface area (Å²) < 4.78 is 0. The van der Waals surface area contributed by atoms with Gasteiger partial charge in [-0.25, -0.2) is 0 Å². The number of anilines is 1. The van der Waals surface area contributed by atoms with Crippen molar-refractivity contribution >= 4 is 11.6 Å². The monoisotopic (exact) mass is 290 g/mol. The van der Waals surface area contributed by atoms with Crippen molar-refractivity contribution < 1.29 is 9.90 Å². The van der Waals surface area contributed by atoms with Crippen molar-refractivity contribution in [1.82, 2.24) is 4.90 Å². The lowest BCUT2D eigenvalue weighted by molar-refractivity contribution is 0.0248. The lowest BCUT2D eigenvalue weighted by atomic mass is 9.95. The molecule has 1 aromatic carbocycles. The van der Waals surface area contributed by atoms with Crippen molar-refractivity contribution in [3.63, 3.8) is 0 Å². The number of β-amino-alcohol motifs (C(OH)–C–C–N with tert-alkyl or cyclic N) is 1. The van der Waals surface area contributed by atoms with Crippen LogP contribution >= 0.6 is 0 Å². The fourth-order valence-corrected chi connectivity index (χ4v) is 2.69. The van der Waals surface area contributed by atoms with Gasteiger partial charge in [0.2, 0.25) is 0 Å². The Labute approximate surface area is 127 Å². The summed E-state index contributed by atoms with van der Waals surface area (Å²) in [6.45, 7) is 8.23. The van der Waals surface area contributed by atoms with E-state index in [-0.39, 0.29) is 11.8 Å². The summed E-state index contributed by atoms with van der Waals surface area (Å²) in [7, 11) is 0. The van der Waals surface area contributed by atoms with Gasteiger partial charge in [0.05, 0.1) is 6.10 Å². The van der Waals surface area contributed by atoms with Gasteiger partial charge >= 0.3 is 0 Å². The van der Waals surface area contributed by atoms with E-state index in [1.807, 2.05) is 32.0 Å². The predicted molar refractivity (Wildman–Crippen MR) is 85.7 cm³/mol. The maximum Gasteiger partial charge on any atom is 0.254 e. The molecule has 1 saturated heterocycles. The van der Waals surface area contributed by atoms with Crippen LogP contribution in [0.5, 0.6) is 0 Å². The summed E-state index contributed by atoms with van der Waals surface area (Å²) in [5, 5.41) is 13.3. The van der Waals surface area contributed by atoms with Gasteiger partial charge in [-0.15, -0.1) is 0 Å². The van der Waals surface area contributed by atoms with Gasteiger partial charge in [0.1, 0.15) is 0 Å². The fourth-order valence-electron chi connectivity index (χ4n) is 2.69. The van der Waals surface area contributed by atoms with E-state index in [2.05, 4.69) is 12.2 Å². The number of carbonyl (C=O) groups excluding carboxylic acids is 1. The molecule has 1 heterocycles. The average Bonchev–Trinajstić information content (AvgIpc) is 2.47. The molecule has 2 rings (SSSR count). The number of hydrogen-bond acceptors (Lipinski definition) is 3. The van der Waals surface area contributed by atoms with E-state index >= 15 is 0 Å². The number of rotatable bonds is 4. The predicted octanol–water partition coefficient (Wildman–Crippen LogP) is 2.66. The van der Waals surface area contributed by atoms with Gasteiger partial charge in [-0.05, 0) is 49.4 Å². The Morgan fingerprint density at radius 3 is 2.86 bits per heavy atom. The Hall–Kier alpha value is -1.55. The van der Waals surface area contributed by atoms with E-state index in [1.165, 1.54) is 0 Å². The highest BCUT2D eigenvalue weighted by atomic mass is 16.3. The van der Waals surface area contributed by atoms with Crippen molar-refractivity contribution in [2.45, 2.75) is 39.7 Å². The van der Waals surface area contributed by atoms with E-state index in [4.69, 9.17) is 0 Å². The van der Waals surface area contributed by atoms with Gasteiger partial charge in [0.15, 0.2) is 0 Å². The largest absolute Gasteiger partial charge is 0.391 e. The van der Waals surface area contributed by atoms with Crippen molar-refractivity contribution in [2.75, 3.05) is 25.0 Å². The van der Waals surface area contributed by atoms with Crippen LogP contribution in [-0.2, 0) is 0 Å². The SMILES string of the molecule is CCCNc1ccc(C(=O)N2CCC(C)C(O)C2)c(C)c1. The zero-order valence-electron chi connectivity index (χ0n) is 13.2. The van der Waals surface area contributed by atoms with Gasteiger partial charge in [-0.1, -0.05) is 13.8 Å². The summed E-state index contributed by atoms with van der Waals surface area (Å²) >= 11 is 0. The molecular formula is C17H26N2O2. The Bertz CT molecular complexity index is 502. The van der Waals surface area contributed by atoms with E-state index in [0.29, 0.717) is 6.54 Å². The van der Waals surface area contributed by atoms with Crippen LogP contribution in [0.25, 0.3) is 0 Å². The minimum absolute atomic E-state index is 0.0282. The molecule has 0 radical (unpaired) electrons. The second-order valence-electron chi connectivity index (χ2n) is 6.04. The van der Waals surface area contributed by atoms with E-state index in [9.17, 15) is 9.90 Å². The maximum atomic E-state index is 12.6. The topological polar surface area (TPSA) is 52.6 Å². The Morgan fingerprint density at radius 1 is 1.48 bits per heavy atom. The molecule has 4 heteroatoms. The molecule has 1 aliphatic heterocycles. The number of nitrogens with one attached hydrogen (secondary N) is 1. The van der Waals surface area contributed by atoms with Crippen molar-refractivity contribution in [3.05, 3.63) is 29.3 Å². The normalized spacial score (nSPS) is 22.2. The summed E-state index contributed by atoms with van der Waals surface area (Å²) in [5.41, 5.74) is 2.77. The Balaban J connectivity index is 2.09. The zero-order valence-corrected chi connectivity index (χ0v) is 13.2. The molecule has 1 aromatic rings. The molecule has 0 aromatic heterocycles. The quantitative estimate of drug-likeness (QED) is 0.896. The third kappa shape index (κ3) is 3.76. The van der Waals surface area contributed by atoms with Crippen LogP contribution in [0.4, 0.5) is 5.69 Å². The second kappa shape index (κ2) is 6.94. The van der Waals surface area contributed by atoms with E-state index in [1.54, 1.807) is 4.90 Å². The minimum Gasteiger partial charge on any atom is -0.391 e. The van der Waals surface area contributed by atoms with Gasteiger partial charge in [0, 0.05) is 30.9 Å². The zero-order chi connectivity index (χ0) is 15.4. The van der Waals surface area contributed by atoms with Crippen LogP contribution < -0.4 is 5.32 Å². The number of aliphatic hydroxyl groups is 1. The summed E-state index contributed by atoms with van der Waals surface area (Å²) in [5.74, 6) is 0.302. The number of hydrogen-bond donors (Lipinski definition) is 2. The molecule has 21 heavy (non-hydrogen) atoms. The van der Waals surface area contributed by atoms with Crippen LogP contribution in [0.3, 0.4) is 0 Å². The molecule has 116 valence electrons. The van der Waals surface area contributed by atoms with Gasteiger partial charge < -0.3 is 15.3 Å². The third-order valence-corrected chi connectivity index (χ3v) is 4.24. The summed E-state index contributed by atoms with van der Waals surface area (Å²) in [4.78, 5) is 14.4. The average molecular weight is 290 g/mol. The number of piperidine rings is 1. The number of carbonyl (C=O) groups is 1. The molecule has 4 nitrogen and oxygen atoms in total. The number of nitrogens with zero attached hydrogens (tertiary/aromatic N) is 1. The van der Waals surface area contributed by atoms with E-state index < -0.39 is 6.10 Å². The number of likely N-dealkylation sites (tertiary alicyclic amines) is 1. The lowest BCUT2D eigenvalue weighted by Crippen LogP contribution is -2.46. The maximum absolute atomic E-state index is 12.6. The van der Waals surface area contributed by atoms with Crippen LogP contribution in [0.1, 0.15) is 42.6 Å². The number of aryl methyl sites for hydroxylation is 1. The van der Waals surface area contributed by atoms with Crippen molar-refractivity contribution in [1.29, 1.82) is 0 Å². The van der Waals surface area contributed by atoms with Crippen LogP contribution in [0.2, 0.25) is 0 Å². The highest BCUT2D eigenvalue weighted by Crippen LogP contribution is 2.22. The first-order valence-electron chi connectivity index (χ1n) is 7.84. The van der Waals surface area contributed by atoms with Crippen LogP contribution in [0, 0.1) is 12.8 Å². The first kappa shape index (κ1) is 15.8. The number of aliphatic hydroxyl groups excluding tert-OH is 1. The molecule has 1 amide bonds. The molecule has 0 saturated carbocycles. The molecule has 1 aliphatic rings. The molecule has 2 unspecified atom stereocenters. The standard InChI is InChI=1S/C17H26N2O2/c1-4-8-18-14-5-6-15(13(3)10-14)17(21)19-9-7-12(2)16(20)11-19/h5-6,10,12,16,18,20H,4,7-9,11H2,1-3H3. The van der Waals surface area contributed by atoms with Crippen molar-refractivity contribution in [3.8, 4) is 0 Å². The lowest BCUT2D eigenvalue weighted by Gasteiger charge is -2.34. The Morgan fingerprint density at radius 2 is 2.24 bits per heavy atom. The van der Waals surface area contributed by atoms with Gasteiger partial charge in [0.25, 0.3) is 5.91 Å². The molecule has 2 atom stereocenters. The molecule has 1 fully saturated rings. The van der Waals surface area contributed by atoms with Crippen LogP contribution in [0.15, 0.2) is 18.2 Å². The molecular weight excluding hydrogens is 264 g/mol. The molecule has 0 spiro atoms. The Kier molecular flexibility index (Phi) is 5.23. The number of amides is 1. The first-order valence-corrected chi connectivity index (χ1v) is 7.84. The summed E-state index contributed by atoms with van der Waals surface area (Å²) in [6.07, 6.45) is 1.53. The van der Waals surface area contributed by atoms with Crippen molar-refractivity contribution in [2.24, 2.45) is 5.92 Å². The number of benzene rings is 1. The minimum atomic E-state index is -0.409. The second-order valence-corrected chi connectivity index (χ2v) is 6.04. The molecule has 0 bridgehead atoms. The molecule has 2 N–H and O–H groups in total. The summed E-state index contributed by atoms with van der Waals surface area (Å²) in [6, 6.07) is 5.87. The highest BCUT2D eigenvalue weighted by Gasteiger charge is 2.28. The van der Waals surface area contributed by atoms with Gasteiger partial charge in [-0.3, -0.25) is 4.79 Å². The van der Waals surface area contributed by atoms with Crippen LogP contribution in [-0.4, -0.2) is 41.7 Å². The fraction of sp³-hybridized carbons (Fsp3) is 0.588. The van der Waals surface area contributed by atoms with Gasteiger partial charge in [-0.2, -0.15) is 0 Å².